The van der Waals surface area contributed by atoms with E-state index < -0.39 is 6.02 Å². The Bertz CT molecular complexity index is 977. The number of nitrogens with zero attached hydrogens (tertiary/aromatic N) is 4. The lowest BCUT2D eigenvalue weighted by molar-refractivity contribution is -0.115. The lowest BCUT2D eigenvalue weighted by atomic mass is 10.0. The van der Waals surface area contributed by atoms with Crippen molar-refractivity contribution in [1.29, 1.82) is 0 Å². The molecule has 4 rings (SSSR count). The number of aromatic nitrogens is 2. The third kappa shape index (κ3) is 4.90. The topological polar surface area (TPSA) is 96.6 Å². The number of fused-ring (bicyclic) bond motifs is 1. The minimum Gasteiger partial charge on any atom is -0.463 e. The first-order valence-corrected chi connectivity index (χ1v) is 11.1. The summed E-state index contributed by atoms with van der Waals surface area (Å²) < 4.78 is 14.6. The van der Waals surface area contributed by atoms with Gasteiger partial charge in [0.25, 0.3) is 0 Å². The highest BCUT2D eigenvalue weighted by atomic mass is 16.5. The molecule has 1 fully saturated rings. The molecule has 1 amide bonds. The van der Waals surface area contributed by atoms with Gasteiger partial charge in [-0.25, -0.2) is 0 Å². The minimum absolute atomic E-state index is 0.159. The Labute approximate surface area is 185 Å². The van der Waals surface area contributed by atoms with E-state index in [0.29, 0.717) is 24.7 Å². The predicted octanol–water partition coefficient (Wildman–Crippen LogP) is 3.35. The van der Waals surface area contributed by atoms with Crippen LogP contribution in [-0.2, 0) is 11.3 Å². The molecule has 0 spiro atoms. The molecular weight excluding hydrogens is 392 g/mol. The third-order valence-corrected chi connectivity index (χ3v) is 5.82. The molecule has 8 nitrogen and oxygen atoms in total. The van der Waals surface area contributed by atoms with Crippen LogP contribution >= 0.6 is 0 Å². The number of nitrogens with one attached hydrogen (secondary N) is 1. The fourth-order valence-electron chi connectivity index (χ4n) is 4.07. The van der Waals surface area contributed by atoms with Gasteiger partial charge in [-0.2, -0.15) is 9.97 Å². The van der Waals surface area contributed by atoms with Gasteiger partial charge in [0.2, 0.25) is 5.91 Å². The number of hydrogen-bond donors (Lipinski definition) is 2. The van der Waals surface area contributed by atoms with Crippen LogP contribution < -0.4 is 20.7 Å². The smallest absolute Gasteiger partial charge is 0.320 e. The van der Waals surface area contributed by atoms with E-state index in [2.05, 4.69) is 33.2 Å². The highest BCUT2D eigenvalue weighted by Gasteiger charge is 2.28. The van der Waals surface area contributed by atoms with Crippen LogP contribution in [-0.4, -0.2) is 47.0 Å². The molecule has 166 valence electrons. The fraction of sp³-hybridized carbons (Fsp3) is 0.522. The molecular formula is C23H32N6O2. The molecule has 0 radical (unpaired) electrons. The number of nitrogens with two attached hydrogens (primary N) is 1. The molecule has 31 heavy (non-hydrogen) atoms. The molecule has 3 N–H and O–H groups in total. The Balaban J connectivity index is 1.59. The molecule has 0 saturated carbocycles. The number of anilines is 3. The van der Waals surface area contributed by atoms with Crippen LogP contribution in [0.3, 0.4) is 0 Å². The van der Waals surface area contributed by atoms with Crippen LogP contribution in [0.2, 0.25) is 0 Å². The van der Waals surface area contributed by atoms with E-state index in [0.717, 1.165) is 49.9 Å². The number of unbranched alkanes of at least 4 members (excludes halogenated alkanes) is 1. The molecule has 8 heteroatoms. The maximum atomic E-state index is 12.3. The number of nitrogen functional groups attached to an aromatic ring is 1. The Hall–Kier alpha value is -2.87. The van der Waals surface area contributed by atoms with Crippen LogP contribution in [0.25, 0.3) is 0 Å². The Morgan fingerprint density at radius 2 is 2.13 bits per heavy atom. The normalized spacial score (nSPS) is 18.8. The average molecular weight is 426 g/mol. The monoisotopic (exact) mass is 425 g/mol. The van der Waals surface area contributed by atoms with Gasteiger partial charge in [0.15, 0.2) is 11.6 Å². The highest BCUT2D eigenvalue weighted by Crippen LogP contribution is 2.34. The molecule has 2 aliphatic heterocycles. The summed E-state index contributed by atoms with van der Waals surface area (Å²) in [4.78, 5) is 25.2. The van der Waals surface area contributed by atoms with E-state index in [4.69, 9.17) is 11.8 Å². The summed E-state index contributed by atoms with van der Waals surface area (Å²) in [5, 5.41) is 2.79. The van der Waals surface area contributed by atoms with Crippen molar-refractivity contribution >= 4 is 23.2 Å². The van der Waals surface area contributed by atoms with E-state index in [-0.39, 0.29) is 24.3 Å². The second kappa shape index (κ2) is 9.51. The molecule has 1 saturated heterocycles. The molecule has 2 aromatic rings. The van der Waals surface area contributed by atoms with Crippen LogP contribution in [0.5, 0.6) is 6.01 Å². The standard InChI is InChI=1S/C23H32N6O2/c1-3-4-12-31-23-26-21(24)20-22(27-23)29(15-19(30)25-20)14-17-8-7-9-18(13-17)16(2)28-10-5-6-11-28/h7-9,13,16H,3-6,10-12,14-15H2,1-2H3,(H,25,30)(H2,24,26,27)/i16D. The fourth-order valence-corrected chi connectivity index (χ4v) is 4.07. The van der Waals surface area contributed by atoms with Gasteiger partial charge in [0, 0.05) is 12.6 Å². The van der Waals surface area contributed by atoms with Gasteiger partial charge >= 0.3 is 6.01 Å². The van der Waals surface area contributed by atoms with Gasteiger partial charge in [-0.15, -0.1) is 0 Å². The number of hydrogen-bond acceptors (Lipinski definition) is 7. The van der Waals surface area contributed by atoms with Gasteiger partial charge in [-0.3, -0.25) is 9.69 Å². The highest BCUT2D eigenvalue weighted by molar-refractivity contribution is 6.03. The van der Waals surface area contributed by atoms with Crippen molar-refractivity contribution in [2.45, 2.75) is 52.1 Å². The molecule has 3 heterocycles. The molecule has 1 aromatic heterocycles. The van der Waals surface area contributed by atoms with Gasteiger partial charge in [0.05, 0.1) is 14.5 Å². The summed E-state index contributed by atoms with van der Waals surface area (Å²) >= 11 is 0. The van der Waals surface area contributed by atoms with Gasteiger partial charge in [-0.1, -0.05) is 37.6 Å². The van der Waals surface area contributed by atoms with Crippen molar-refractivity contribution in [3.05, 3.63) is 35.4 Å². The first-order chi connectivity index (χ1) is 15.4. The van der Waals surface area contributed by atoms with E-state index in [1.807, 2.05) is 30.0 Å². The predicted molar refractivity (Wildman–Crippen MR) is 122 cm³/mol. The Kier molecular flexibility index (Phi) is 6.15. The number of likely N-dealkylation sites (tertiary alicyclic amines) is 1. The number of rotatable bonds is 8. The van der Waals surface area contributed by atoms with Crippen LogP contribution in [0, 0.1) is 0 Å². The van der Waals surface area contributed by atoms with Crippen LogP contribution in [0.1, 0.15) is 58.0 Å². The molecule has 0 bridgehead atoms. The van der Waals surface area contributed by atoms with Crippen molar-refractivity contribution in [3.63, 3.8) is 0 Å². The van der Waals surface area contributed by atoms with Gasteiger partial charge in [0.1, 0.15) is 5.69 Å². The molecule has 1 aromatic carbocycles. The van der Waals surface area contributed by atoms with Crippen molar-refractivity contribution in [2.24, 2.45) is 0 Å². The SMILES string of the molecule is [2H]C(C)(c1cccc(CN2CC(=O)Nc3c(N)nc(OCCCC)nc32)c1)N1CCCC1. The zero-order valence-corrected chi connectivity index (χ0v) is 18.4. The van der Waals surface area contributed by atoms with Gasteiger partial charge < -0.3 is 20.7 Å². The van der Waals surface area contributed by atoms with E-state index >= 15 is 0 Å². The second-order valence-corrected chi connectivity index (χ2v) is 8.18. The number of ether oxygens (including phenoxy) is 1. The lowest BCUT2D eigenvalue weighted by Crippen LogP contribution is -2.39. The number of carbonyl (C=O) groups excluding carboxylic acids is 1. The average Bonchev–Trinajstić information content (AvgIpc) is 3.31. The van der Waals surface area contributed by atoms with Crippen molar-refractivity contribution in [3.8, 4) is 6.01 Å². The summed E-state index contributed by atoms with van der Waals surface area (Å²) in [5.74, 6) is 0.592. The zero-order chi connectivity index (χ0) is 22.7. The maximum Gasteiger partial charge on any atom is 0.320 e. The third-order valence-electron chi connectivity index (χ3n) is 5.82. The summed E-state index contributed by atoms with van der Waals surface area (Å²) in [6.07, 6.45) is 4.18. The molecule has 2 aliphatic rings. The van der Waals surface area contributed by atoms with Crippen molar-refractivity contribution in [2.75, 3.05) is 42.2 Å². The van der Waals surface area contributed by atoms with E-state index in [1.165, 1.54) is 0 Å². The minimum atomic E-state index is -0.781. The Morgan fingerprint density at radius 3 is 2.90 bits per heavy atom. The summed E-state index contributed by atoms with van der Waals surface area (Å²) in [7, 11) is 0. The second-order valence-electron chi connectivity index (χ2n) is 8.18. The number of carbonyl (C=O) groups is 1. The zero-order valence-electron chi connectivity index (χ0n) is 19.4. The van der Waals surface area contributed by atoms with Gasteiger partial charge in [-0.05, 0) is 50.4 Å². The lowest BCUT2D eigenvalue weighted by Gasteiger charge is -2.31. The first kappa shape index (κ1) is 20.1. The van der Waals surface area contributed by atoms with Crippen molar-refractivity contribution < 1.29 is 10.9 Å². The largest absolute Gasteiger partial charge is 0.463 e. The summed E-state index contributed by atoms with van der Waals surface area (Å²) in [6.45, 7) is 7.07. The quantitative estimate of drug-likeness (QED) is 0.626. The number of amides is 1. The number of benzene rings is 1. The summed E-state index contributed by atoms with van der Waals surface area (Å²) in [5.41, 5.74) is 8.49. The first-order valence-electron chi connectivity index (χ1n) is 11.6. The Morgan fingerprint density at radius 1 is 1.32 bits per heavy atom. The van der Waals surface area contributed by atoms with Crippen LogP contribution in [0.4, 0.5) is 17.3 Å². The summed E-state index contributed by atoms with van der Waals surface area (Å²) in [6, 6.07) is 7.49. The van der Waals surface area contributed by atoms with Crippen molar-refractivity contribution in [1.82, 2.24) is 14.9 Å². The van der Waals surface area contributed by atoms with E-state index in [1.54, 1.807) is 0 Å². The van der Waals surface area contributed by atoms with Crippen LogP contribution in [0.15, 0.2) is 24.3 Å². The molecule has 0 aliphatic carbocycles. The maximum absolute atomic E-state index is 12.3. The van der Waals surface area contributed by atoms with E-state index in [9.17, 15) is 4.79 Å². The molecule has 1 unspecified atom stereocenters. The molecule has 1 atom stereocenters.